The van der Waals surface area contributed by atoms with E-state index in [9.17, 15) is 4.79 Å². The summed E-state index contributed by atoms with van der Waals surface area (Å²) in [7, 11) is -2.48. The summed E-state index contributed by atoms with van der Waals surface area (Å²) in [5.74, 6) is -0.387. The van der Waals surface area contributed by atoms with Gasteiger partial charge in [-0.3, -0.25) is 0 Å². The summed E-state index contributed by atoms with van der Waals surface area (Å²) >= 11 is 0. The Balaban J connectivity index is 2.74. The minimum atomic E-state index is -2.48. The number of esters is 1. The smallest absolute Gasteiger partial charge is 0.372 e. The Morgan fingerprint density at radius 3 is 2.36 bits per heavy atom. The first-order valence-corrected chi connectivity index (χ1v) is 9.74. The molecule has 5 heteroatoms. The third-order valence-electron chi connectivity index (χ3n) is 3.17. The molecular formula is C17H26O4Si. The monoisotopic (exact) mass is 322 g/mol. The summed E-state index contributed by atoms with van der Waals surface area (Å²) < 4.78 is 17.3. The van der Waals surface area contributed by atoms with Gasteiger partial charge in [0.1, 0.15) is 6.61 Å². The number of carbonyl (C=O) groups excluding carboxylic acids is 1. The van der Waals surface area contributed by atoms with Crippen molar-refractivity contribution in [3.8, 4) is 0 Å². The Morgan fingerprint density at radius 1 is 1.14 bits per heavy atom. The van der Waals surface area contributed by atoms with Crippen molar-refractivity contribution in [1.82, 2.24) is 0 Å². The van der Waals surface area contributed by atoms with Crippen molar-refractivity contribution >= 4 is 19.7 Å². The highest BCUT2D eigenvalue weighted by atomic mass is 28.4. The third-order valence-corrected chi connectivity index (χ3v) is 6.97. The molecule has 0 fully saturated rings. The minimum absolute atomic E-state index is 0.212. The van der Waals surface area contributed by atoms with Gasteiger partial charge in [-0.05, 0) is 25.1 Å². The molecule has 1 unspecified atom stereocenters. The highest BCUT2D eigenvalue weighted by Gasteiger charge is 2.38. The van der Waals surface area contributed by atoms with Gasteiger partial charge in [0.25, 0.3) is 0 Å². The second kappa shape index (κ2) is 9.56. The van der Waals surface area contributed by atoms with E-state index >= 15 is 0 Å². The molecule has 0 heterocycles. The van der Waals surface area contributed by atoms with Crippen molar-refractivity contribution in [2.24, 2.45) is 0 Å². The fourth-order valence-corrected chi connectivity index (χ4v) is 5.45. The molecule has 0 aliphatic carbocycles. The molecule has 0 N–H and O–H groups in total. The normalized spacial score (nSPS) is 13.4. The maximum Gasteiger partial charge on any atom is 0.372 e. The van der Waals surface area contributed by atoms with E-state index in [0.717, 1.165) is 17.7 Å². The van der Waals surface area contributed by atoms with Crippen LogP contribution >= 0.6 is 0 Å². The molecule has 4 nitrogen and oxygen atoms in total. The van der Waals surface area contributed by atoms with Crippen LogP contribution in [0.4, 0.5) is 0 Å². The SMILES string of the molecule is C=C(C)C(=O)OCCO[Si](CCC)(OCC)c1ccccc1. The maximum absolute atomic E-state index is 11.4. The van der Waals surface area contributed by atoms with E-state index in [1.165, 1.54) is 0 Å². The van der Waals surface area contributed by atoms with Crippen LogP contribution in [0.5, 0.6) is 0 Å². The summed E-state index contributed by atoms with van der Waals surface area (Å²) in [6, 6.07) is 11.0. The second-order valence-corrected chi connectivity index (χ2v) is 8.23. The molecule has 1 rings (SSSR count). The summed E-state index contributed by atoms with van der Waals surface area (Å²) in [5, 5.41) is 1.12. The first kappa shape index (κ1) is 18.6. The number of hydrogen-bond acceptors (Lipinski definition) is 4. The van der Waals surface area contributed by atoms with E-state index in [1.54, 1.807) is 6.92 Å². The largest absolute Gasteiger partial charge is 0.460 e. The summed E-state index contributed by atoms with van der Waals surface area (Å²) in [6.07, 6.45) is 0.979. The van der Waals surface area contributed by atoms with Crippen molar-refractivity contribution < 1.29 is 18.4 Å². The van der Waals surface area contributed by atoms with Gasteiger partial charge in [-0.15, -0.1) is 0 Å². The van der Waals surface area contributed by atoms with Gasteiger partial charge in [0.15, 0.2) is 0 Å². The molecule has 0 radical (unpaired) electrons. The number of ether oxygens (including phenoxy) is 1. The first-order valence-electron chi connectivity index (χ1n) is 7.71. The van der Waals surface area contributed by atoms with E-state index in [-0.39, 0.29) is 12.6 Å². The van der Waals surface area contributed by atoms with Gasteiger partial charge in [-0.1, -0.05) is 50.3 Å². The molecule has 22 heavy (non-hydrogen) atoms. The number of carbonyl (C=O) groups is 1. The molecule has 0 aliphatic rings. The molecule has 1 aromatic rings. The Bertz CT molecular complexity index is 467. The van der Waals surface area contributed by atoms with E-state index in [1.807, 2.05) is 25.1 Å². The van der Waals surface area contributed by atoms with Crippen molar-refractivity contribution in [3.63, 3.8) is 0 Å². The first-order chi connectivity index (χ1) is 10.6. The Labute approximate surface area is 134 Å². The molecule has 1 aromatic carbocycles. The Hall–Kier alpha value is -1.43. The molecule has 0 aliphatic heterocycles. The van der Waals surface area contributed by atoms with Gasteiger partial charge in [0.05, 0.1) is 6.61 Å². The molecular weight excluding hydrogens is 296 g/mol. The Morgan fingerprint density at radius 2 is 1.82 bits per heavy atom. The minimum Gasteiger partial charge on any atom is -0.460 e. The van der Waals surface area contributed by atoms with Crippen molar-refractivity contribution in [3.05, 3.63) is 42.5 Å². The van der Waals surface area contributed by atoms with E-state index in [0.29, 0.717) is 18.8 Å². The zero-order chi connectivity index (χ0) is 16.4. The van der Waals surface area contributed by atoms with Crippen LogP contribution in [0.3, 0.4) is 0 Å². The molecule has 0 saturated carbocycles. The van der Waals surface area contributed by atoms with Crippen molar-refractivity contribution in [2.75, 3.05) is 19.8 Å². The summed E-state index contributed by atoms with van der Waals surface area (Å²) in [5.41, 5.74) is 0.393. The van der Waals surface area contributed by atoms with Gasteiger partial charge in [-0.2, -0.15) is 0 Å². The van der Waals surface area contributed by atoms with Crippen LogP contribution in [0.15, 0.2) is 42.5 Å². The molecule has 0 saturated heterocycles. The summed E-state index contributed by atoms with van der Waals surface area (Å²) in [6.45, 7) is 10.4. The zero-order valence-electron chi connectivity index (χ0n) is 13.8. The van der Waals surface area contributed by atoms with Crippen LogP contribution in [0, 0.1) is 0 Å². The predicted molar refractivity (Wildman–Crippen MR) is 90.3 cm³/mol. The lowest BCUT2D eigenvalue weighted by molar-refractivity contribution is -0.139. The van der Waals surface area contributed by atoms with Crippen LogP contribution in [0.1, 0.15) is 27.2 Å². The molecule has 0 aromatic heterocycles. The second-order valence-electron chi connectivity index (χ2n) is 5.07. The maximum atomic E-state index is 11.4. The van der Waals surface area contributed by atoms with E-state index in [2.05, 4.69) is 25.6 Å². The predicted octanol–water partition coefficient (Wildman–Crippen LogP) is 2.92. The van der Waals surface area contributed by atoms with Crippen LogP contribution < -0.4 is 5.19 Å². The number of hydrogen-bond donors (Lipinski definition) is 0. The molecule has 0 amide bonds. The lowest BCUT2D eigenvalue weighted by Crippen LogP contribution is -2.54. The van der Waals surface area contributed by atoms with E-state index in [4.69, 9.17) is 13.6 Å². The topological polar surface area (TPSA) is 44.8 Å². The van der Waals surface area contributed by atoms with Crippen molar-refractivity contribution in [2.45, 2.75) is 33.2 Å². The lowest BCUT2D eigenvalue weighted by atomic mass is 10.4. The van der Waals surface area contributed by atoms with Gasteiger partial charge in [0.2, 0.25) is 0 Å². The van der Waals surface area contributed by atoms with Gasteiger partial charge in [0, 0.05) is 12.2 Å². The highest BCUT2D eigenvalue weighted by Crippen LogP contribution is 2.16. The molecule has 122 valence electrons. The fourth-order valence-electron chi connectivity index (χ4n) is 2.22. The van der Waals surface area contributed by atoms with Gasteiger partial charge in [-0.25, -0.2) is 4.79 Å². The standard InChI is InChI=1S/C17H26O4Si/c1-5-14-22(20-6-2,16-10-8-7-9-11-16)21-13-12-19-17(18)15(3)4/h7-11H,3,5-6,12-14H2,1-2,4H3. The average Bonchev–Trinajstić information content (AvgIpc) is 2.52. The zero-order valence-corrected chi connectivity index (χ0v) is 14.8. The lowest BCUT2D eigenvalue weighted by Gasteiger charge is -2.30. The third kappa shape index (κ3) is 5.40. The number of rotatable bonds is 10. The fraction of sp³-hybridized carbons (Fsp3) is 0.471. The van der Waals surface area contributed by atoms with Crippen LogP contribution in [-0.2, 0) is 18.4 Å². The average molecular weight is 322 g/mol. The molecule has 0 bridgehead atoms. The number of benzene rings is 1. The molecule has 0 spiro atoms. The van der Waals surface area contributed by atoms with Crippen molar-refractivity contribution in [1.29, 1.82) is 0 Å². The van der Waals surface area contributed by atoms with Crippen LogP contribution in [-0.4, -0.2) is 34.4 Å². The van der Waals surface area contributed by atoms with Crippen LogP contribution in [0.2, 0.25) is 6.04 Å². The van der Waals surface area contributed by atoms with Gasteiger partial charge < -0.3 is 13.6 Å². The molecule has 1 atom stereocenters. The van der Waals surface area contributed by atoms with Gasteiger partial charge >= 0.3 is 14.5 Å². The van der Waals surface area contributed by atoms with E-state index < -0.39 is 8.56 Å². The highest BCUT2D eigenvalue weighted by molar-refractivity contribution is 6.81. The quantitative estimate of drug-likeness (QED) is 0.287. The van der Waals surface area contributed by atoms with Crippen LogP contribution in [0.25, 0.3) is 0 Å². The Kier molecular flexibility index (Phi) is 8.09. The summed E-state index contributed by atoms with van der Waals surface area (Å²) in [4.78, 5) is 11.4.